The summed E-state index contributed by atoms with van der Waals surface area (Å²) >= 11 is 3.44. The first-order chi connectivity index (χ1) is 7.84. The number of hydrogen-bond acceptors (Lipinski definition) is 2. The van der Waals surface area contributed by atoms with Crippen LogP contribution in [0.4, 0.5) is 5.69 Å². The molecule has 0 heterocycles. The van der Waals surface area contributed by atoms with Gasteiger partial charge in [-0.15, -0.1) is 0 Å². The average molecular weight is 300 g/mol. The van der Waals surface area contributed by atoms with Crippen LogP contribution in [0.2, 0.25) is 0 Å². The summed E-state index contributed by atoms with van der Waals surface area (Å²) in [5.74, 6) is -0.0485. The van der Waals surface area contributed by atoms with Gasteiger partial charge in [0.1, 0.15) is 0 Å². The van der Waals surface area contributed by atoms with E-state index in [9.17, 15) is 4.79 Å². The van der Waals surface area contributed by atoms with E-state index in [0.717, 1.165) is 15.7 Å². The summed E-state index contributed by atoms with van der Waals surface area (Å²) in [7, 11) is 1.61. The van der Waals surface area contributed by atoms with Crippen molar-refractivity contribution in [2.24, 2.45) is 0 Å². The number of carbonyl (C=O) groups is 1. The summed E-state index contributed by atoms with van der Waals surface area (Å²) in [6, 6.07) is 5.74. The van der Waals surface area contributed by atoms with Gasteiger partial charge < -0.3 is 10.1 Å². The van der Waals surface area contributed by atoms with E-state index in [2.05, 4.69) is 21.2 Å². The van der Waals surface area contributed by atoms with Crippen LogP contribution in [0.15, 0.2) is 22.7 Å². The van der Waals surface area contributed by atoms with Crippen LogP contribution in [-0.4, -0.2) is 18.6 Å². The summed E-state index contributed by atoms with van der Waals surface area (Å²) < 4.78 is 6.21. The fourth-order valence-corrected chi connectivity index (χ4v) is 1.71. The highest BCUT2D eigenvalue weighted by Gasteiger charge is 2.21. The summed E-state index contributed by atoms with van der Waals surface area (Å²) in [6.45, 7) is 5.78. The molecule has 1 N–H and O–H groups in total. The first-order valence-electron chi connectivity index (χ1n) is 5.45. The second-order valence-corrected chi connectivity index (χ2v) is 5.51. The molecule has 0 aliphatic rings. The van der Waals surface area contributed by atoms with Gasteiger partial charge in [0, 0.05) is 17.3 Å². The zero-order chi connectivity index (χ0) is 13.1. The maximum Gasteiger partial charge on any atom is 0.227 e. The number of methoxy groups -OCH3 is 1. The Balaban J connectivity index is 2.65. The van der Waals surface area contributed by atoms with Crippen LogP contribution in [0.1, 0.15) is 25.8 Å². The smallest absolute Gasteiger partial charge is 0.227 e. The highest BCUT2D eigenvalue weighted by atomic mass is 79.9. The molecule has 0 unspecified atom stereocenters. The van der Waals surface area contributed by atoms with Crippen LogP contribution in [0.3, 0.4) is 0 Å². The Morgan fingerprint density at radius 3 is 2.65 bits per heavy atom. The van der Waals surface area contributed by atoms with Gasteiger partial charge in [0.15, 0.2) is 0 Å². The second kappa shape index (κ2) is 5.65. The maximum absolute atomic E-state index is 11.8. The van der Waals surface area contributed by atoms with Crippen molar-refractivity contribution in [3.8, 4) is 0 Å². The number of halogens is 1. The molecule has 0 spiro atoms. The van der Waals surface area contributed by atoms with Crippen molar-refractivity contribution in [2.45, 2.75) is 32.8 Å². The van der Waals surface area contributed by atoms with Gasteiger partial charge in [-0.25, -0.2) is 0 Å². The molecule has 0 aliphatic carbocycles. The molecule has 17 heavy (non-hydrogen) atoms. The van der Waals surface area contributed by atoms with E-state index in [1.165, 1.54) is 0 Å². The van der Waals surface area contributed by atoms with Gasteiger partial charge in [-0.05, 0) is 38.5 Å². The van der Waals surface area contributed by atoms with E-state index in [-0.39, 0.29) is 5.91 Å². The van der Waals surface area contributed by atoms with Crippen LogP contribution < -0.4 is 5.32 Å². The summed E-state index contributed by atoms with van der Waals surface area (Å²) in [5, 5.41) is 2.85. The molecule has 0 fully saturated rings. The molecule has 0 atom stereocenters. The topological polar surface area (TPSA) is 38.3 Å². The molecular weight excluding hydrogens is 282 g/mol. The van der Waals surface area contributed by atoms with Crippen LogP contribution in [0.25, 0.3) is 0 Å². The molecule has 94 valence electrons. The molecule has 0 saturated carbocycles. The molecule has 1 rings (SSSR count). The Hall–Kier alpha value is -0.870. The van der Waals surface area contributed by atoms with E-state index >= 15 is 0 Å². The Bertz CT molecular complexity index is 416. The lowest BCUT2D eigenvalue weighted by molar-refractivity contribution is -0.121. The minimum absolute atomic E-state index is 0.0485. The van der Waals surface area contributed by atoms with Gasteiger partial charge in [-0.3, -0.25) is 4.79 Å². The number of hydrogen-bond donors (Lipinski definition) is 1. The fraction of sp³-hybridized carbons (Fsp3) is 0.462. The minimum Gasteiger partial charge on any atom is -0.378 e. The Labute approximate surface area is 111 Å². The van der Waals surface area contributed by atoms with Gasteiger partial charge >= 0.3 is 0 Å². The number of ether oxygens (including phenoxy) is 1. The number of aryl methyl sites for hydroxylation is 1. The summed E-state index contributed by atoms with van der Waals surface area (Å²) in [5.41, 5.74) is 1.49. The molecule has 0 aromatic heterocycles. The molecular formula is C13H18BrNO2. The van der Waals surface area contributed by atoms with Gasteiger partial charge in [0.2, 0.25) is 5.91 Å². The summed E-state index contributed by atoms with van der Waals surface area (Å²) in [4.78, 5) is 11.8. The van der Waals surface area contributed by atoms with Crippen LogP contribution >= 0.6 is 15.9 Å². The molecule has 1 aromatic rings. The van der Waals surface area contributed by atoms with Crippen molar-refractivity contribution in [1.82, 2.24) is 0 Å². The lowest BCUT2D eigenvalue weighted by Crippen LogP contribution is -2.29. The third-order valence-electron chi connectivity index (χ3n) is 2.59. The normalized spacial score (nSPS) is 11.4. The van der Waals surface area contributed by atoms with E-state index in [1.807, 2.05) is 39.0 Å². The number of anilines is 1. The number of carbonyl (C=O) groups excluding carboxylic acids is 1. The van der Waals surface area contributed by atoms with Crippen molar-refractivity contribution < 1.29 is 9.53 Å². The number of benzene rings is 1. The molecule has 4 heteroatoms. The van der Waals surface area contributed by atoms with E-state index in [1.54, 1.807) is 7.11 Å². The Morgan fingerprint density at radius 2 is 2.12 bits per heavy atom. The van der Waals surface area contributed by atoms with Gasteiger partial charge in [0.05, 0.1) is 12.0 Å². The van der Waals surface area contributed by atoms with E-state index < -0.39 is 5.60 Å². The monoisotopic (exact) mass is 299 g/mol. The molecule has 1 aromatic carbocycles. The van der Waals surface area contributed by atoms with Crippen LogP contribution in [-0.2, 0) is 9.53 Å². The van der Waals surface area contributed by atoms with Gasteiger partial charge in [0.25, 0.3) is 0 Å². The molecule has 0 radical (unpaired) electrons. The predicted octanol–water partition coefficient (Wildman–Crippen LogP) is 3.51. The van der Waals surface area contributed by atoms with Crippen molar-refractivity contribution in [3.05, 3.63) is 28.2 Å². The lowest BCUT2D eigenvalue weighted by Gasteiger charge is -2.22. The molecule has 3 nitrogen and oxygen atoms in total. The minimum atomic E-state index is -0.438. The predicted molar refractivity (Wildman–Crippen MR) is 73.2 cm³/mol. The standard InChI is InChI=1S/C13H18BrNO2/c1-9-5-6-10(7-11(9)14)15-12(16)8-13(2,3)17-4/h5-7H,8H2,1-4H3,(H,15,16). The van der Waals surface area contributed by atoms with Crippen molar-refractivity contribution >= 4 is 27.5 Å². The maximum atomic E-state index is 11.8. The van der Waals surface area contributed by atoms with Crippen LogP contribution in [0.5, 0.6) is 0 Å². The van der Waals surface area contributed by atoms with Crippen molar-refractivity contribution in [1.29, 1.82) is 0 Å². The molecule has 0 aliphatic heterocycles. The van der Waals surface area contributed by atoms with E-state index in [4.69, 9.17) is 4.74 Å². The fourth-order valence-electron chi connectivity index (χ4n) is 1.33. The summed E-state index contributed by atoms with van der Waals surface area (Å²) in [6.07, 6.45) is 0.328. The molecule has 0 bridgehead atoms. The second-order valence-electron chi connectivity index (χ2n) is 4.65. The Kier molecular flexibility index (Phi) is 4.71. The highest BCUT2D eigenvalue weighted by molar-refractivity contribution is 9.10. The van der Waals surface area contributed by atoms with Crippen molar-refractivity contribution in [3.63, 3.8) is 0 Å². The quantitative estimate of drug-likeness (QED) is 0.924. The lowest BCUT2D eigenvalue weighted by atomic mass is 10.0. The first kappa shape index (κ1) is 14.2. The number of nitrogens with one attached hydrogen (secondary N) is 1. The third-order valence-corrected chi connectivity index (χ3v) is 3.45. The number of rotatable bonds is 4. The average Bonchev–Trinajstić information content (AvgIpc) is 2.23. The zero-order valence-corrected chi connectivity index (χ0v) is 12.2. The SMILES string of the molecule is COC(C)(C)CC(=O)Nc1ccc(C)c(Br)c1. The number of amides is 1. The van der Waals surface area contributed by atoms with Gasteiger partial charge in [-0.1, -0.05) is 22.0 Å². The third kappa shape index (κ3) is 4.48. The highest BCUT2D eigenvalue weighted by Crippen LogP contribution is 2.21. The Morgan fingerprint density at radius 1 is 1.47 bits per heavy atom. The largest absolute Gasteiger partial charge is 0.378 e. The molecule has 0 saturated heterocycles. The molecule has 1 amide bonds. The van der Waals surface area contributed by atoms with Crippen molar-refractivity contribution in [2.75, 3.05) is 12.4 Å². The zero-order valence-electron chi connectivity index (χ0n) is 10.6. The van der Waals surface area contributed by atoms with E-state index in [0.29, 0.717) is 6.42 Å². The van der Waals surface area contributed by atoms with Crippen LogP contribution in [0, 0.1) is 6.92 Å². The first-order valence-corrected chi connectivity index (χ1v) is 6.24. The van der Waals surface area contributed by atoms with Gasteiger partial charge in [-0.2, -0.15) is 0 Å².